The van der Waals surface area contributed by atoms with Gasteiger partial charge in [-0.2, -0.15) is 0 Å². The van der Waals surface area contributed by atoms with Crippen LogP contribution in [-0.4, -0.2) is 52.6 Å². The predicted octanol–water partition coefficient (Wildman–Crippen LogP) is 6.47. The average Bonchev–Trinajstić information content (AvgIpc) is 3.27. The maximum Gasteiger partial charge on any atom is 0.339 e. The van der Waals surface area contributed by atoms with Gasteiger partial charge in [-0.05, 0) is 73.1 Å². The first-order valence-electron chi connectivity index (χ1n) is 13.7. The molecule has 1 N–H and O–H groups in total. The van der Waals surface area contributed by atoms with Crippen LogP contribution in [0.4, 0.5) is 16.2 Å². The lowest BCUT2D eigenvalue weighted by Gasteiger charge is -2.14. The topological polar surface area (TPSA) is 154 Å². The fourth-order valence-corrected chi connectivity index (χ4v) is 5.17. The van der Waals surface area contributed by atoms with Gasteiger partial charge in [-0.3, -0.25) is 29.4 Å². The molecule has 0 bridgehead atoms. The Morgan fingerprint density at radius 1 is 1.04 bits per heavy atom. The van der Waals surface area contributed by atoms with E-state index in [-0.39, 0.29) is 40.1 Å². The van der Waals surface area contributed by atoms with Crippen LogP contribution in [0.25, 0.3) is 6.08 Å². The number of hydrogen-bond donors (Lipinski definition) is 1. The molecule has 0 radical (unpaired) electrons. The smallest absolute Gasteiger partial charge is 0.339 e. The van der Waals surface area contributed by atoms with E-state index < -0.39 is 34.5 Å². The van der Waals surface area contributed by atoms with Gasteiger partial charge < -0.3 is 19.5 Å². The molecule has 1 saturated heterocycles. The number of esters is 1. The Balaban J connectivity index is 1.44. The number of anilines is 1. The molecular weight excluding hydrogens is 626 g/mol. The van der Waals surface area contributed by atoms with Crippen LogP contribution in [0.15, 0.2) is 65.6 Å². The second-order valence-corrected chi connectivity index (χ2v) is 10.9. The van der Waals surface area contributed by atoms with Crippen molar-refractivity contribution in [3.63, 3.8) is 0 Å². The lowest BCUT2D eigenvalue weighted by molar-refractivity contribution is -0.385. The lowest BCUT2D eigenvalue weighted by atomic mass is 10.1. The van der Waals surface area contributed by atoms with E-state index in [1.54, 1.807) is 43.3 Å². The van der Waals surface area contributed by atoms with Crippen LogP contribution < -0.4 is 14.8 Å². The molecule has 3 amide bonds. The molecule has 45 heavy (non-hydrogen) atoms. The van der Waals surface area contributed by atoms with Crippen molar-refractivity contribution in [3.8, 4) is 11.5 Å². The Hall–Kier alpha value is -4.88. The maximum absolute atomic E-state index is 13.1. The average molecular weight is 654 g/mol. The summed E-state index contributed by atoms with van der Waals surface area (Å²) in [5.41, 5.74) is 1.15. The van der Waals surface area contributed by atoms with Gasteiger partial charge >= 0.3 is 5.97 Å². The standard InChI is InChI=1S/C31H28ClN3O9S/c1-3-13-43-30(38)22-16-21(10-11-23(22)32)33-28(36)17-34-29(37)27(45-31(34)39)15-19-9-12-25(26(14-19)42-4-2)44-18-20-7-5-6-8-24(20)35(40)41/h5-12,14-16H,3-4,13,17-18H2,1-2H3,(H,33,36)/b27-15+. The van der Waals surface area contributed by atoms with Gasteiger partial charge in [0.05, 0.1) is 39.2 Å². The van der Waals surface area contributed by atoms with Gasteiger partial charge in [0.25, 0.3) is 16.8 Å². The normalized spacial score (nSPS) is 13.6. The number of rotatable bonds is 13. The van der Waals surface area contributed by atoms with Crippen molar-refractivity contribution in [3.05, 3.63) is 97.4 Å². The molecule has 0 spiro atoms. The zero-order valence-electron chi connectivity index (χ0n) is 24.2. The highest BCUT2D eigenvalue weighted by atomic mass is 35.5. The largest absolute Gasteiger partial charge is 0.490 e. The van der Waals surface area contributed by atoms with E-state index >= 15 is 0 Å². The van der Waals surface area contributed by atoms with Crippen LogP contribution >= 0.6 is 23.4 Å². The number of halogens is 1. The first-order chi connectivity index (χ1) is 21.6. The van der Waals surface area contributed by atoms with E-state index in [9.17, 15) is 29.3 Å². The maximum atomic E-state index is 13.1. The minimum absolute atomic E-state index is 0.0680. The van der Waals surface area contributed by atoms with Crippen molar-refractivity contribution in [2.45, 2.75) is 26.9 Å². The number of benzene rings is 3. The van der Waals surface area contributed by atoms with E-state index in [4.69, 9.17) is 25.8 Å². The van der Waals surface area contributed by atoms with Crippen LogP contribution in [0.3, 0.4) is 0 Å². The van der Waals surface area contributed by atoms with Crippen LogP contribution in [0.5, 0.6) is 11.5 Å². The molecule has 3 aromatic carbocycles. The van der Waals surface area contributed by atoms with Gasteiger partial charge in [-0.15, -0.1) is 0 Å². The summed E-state index contributed by atoms with van der Waals surface area (Å²) in [4.78, 5) is 62.5. The van der Waals surface area contributed by atoms with Gasteiger partial charge in [0.2, 0.25) is 5.91 Å². The van der Waals surface area contributed by atoms with Crippen molar-refractivity contribution in [1.29, 1.82) is 0 Å². The van der Waals surface area contributed by atoms with E-state index in [1.165, 1.54) is 30.3 Å². The summed E-state index contributed by atoms with van der Waals surface area (Å²) in [5.74, 6) is -1.28. The third-order valence-electron chi connectivity index (χ3n) is 6.22. The number of nitro groups is 1. The molecule has 0 unspecified atom stereocenters. The molecule has 1 aliphatic rings. The predicted molar refractivity (Wildman–Crippen MR) is 168 cm³/mol. The van der Waals surface area contributed by atoms with Crippen LogP contribution in [-0.2, 0) is 20.9 Å². The summed E-state index contributed by atoms with van der Waals surface area (Å²) in [6.45, 7) is 3.51. The van der Waals surface area contributed by atoms with Crippen molar-refractivity contribution >= 4 is 63.8 Å². The Morgan fingerprint density at radius 2 is 1.82 bits per heavy atom. The second-order valence-electron chi connectivity index (χ2n) is 9.46. The monoisotopic (exact) mass is 653 g/mol. The highest BCUT2D eigenvalue weighted by molar-refractivity contribution is 8.18. The SMILES string of the molecule is CCCOC(=O)c1cc(NC(=O)CN2C(=O)S/C(=C/c3ccc(OCc4ccccc4[N+](=O)[O-])c(OCC)c3)C2=O)ccc1Cl. The van der Waals surface area contributed by atoms with Crippen LogP contribution in [0.1, 0.15) is 41.8 Å². The van der Waals surface area contributed by atoms with E-state index in [0.717, 1.165) is 4.90 Å². The molecule has 0 saturated carbocycles. The number of nitrogens with zero attached hydrogens (tertiary/aromatic N) is 2. The summed E-state index contributed by atoms with van der Waals surface area (Å²) in [5, 5.41) is 13.4. The van der Waals surface area contributed by atoms with Gasteiger partial charge in [-0.25, -0.2) is 4.79 Å². The fourth-order valence-electron chi connectivity index (χ4n) is 4.13. The highest BCUT2D eigenvalue weighted by Crippen LogP contribution is 2.35. The number of thioether (sulfide) groups is 1. The number of imide groups is 1. The van der Waals surface area contributed by atoms with Gasteiger partial charge in [0.15, 0.2) is 11.5 Å². The van der Waals surface area contributed by atoms with Crippen molar-refractivity contribution in [2.75, 3.05) is 25.1 Å². The molecular formula is C31H28ClN3O9S. The second kappa shape index (κ2) is 15.2. The lowest BCUT2D eigenvalue weighted by Crippen LogP contribution is -2.36. The van der Waals surface area contributed by atoms with Crippen molar-refractivity contribution < 1.29 is 38.3 Å². The Kier molecular flexibility index (Phi) is 11.2. The summed E-state index contributed by atoms with van der Waals surface area (Å²) < 4.78 is 16.6. The molecule has 4 rings (SSSR count). The number of nitrogens with one attached hydrogen (secondary N) is 1. The van der Waals surface area contributed by atoms with Gasteiger partial charge in [0.1, 0.15) is 13.2 Å². The first-order valence-corrected chi connectivity index (χ1v) is 14.9. The number of carbonyl (C=O) groups excluding carboxylic acids is 4. The molecule has 0 atom stereocenters. The molecule has 1 aliphatic heterocycles. The summed E-state index contributed by atoms with van der Waals surface area (Å²) in [6, 6.07) is 15.4. The fraction of sp³-hybridized carbons (Fsp3) is 0.226. The van der Waals surface area contributed by atoms with Gasteiger partial charge in [-0.1, -0.05) is 36.7 Å². The minimum atomic E-state index is -0.660. The molecule has 1 heterocycles. The number of amides is 3. The number of para-hydroxylation sites is 1. The first kappa shape index (κ1) is 33.0. The molecule has 14 heteroatoms. The molecule has 234 valence electrons. The summed E-state index contributed by atoms with van der Waals surface area (Å²) >= 11 is 6.78. The number of nitro benzene ring substituents is 1. The zero-order valence-corrected chi connectivity index (χ0v) is 25.8. The number of ether oxygens (including phenoxy) is 3. The molecule has 12 nitrogen and oxygen atoms in total. The third-order valence-corrected chi connectivity index (χ3v) is 7.46. The molecule has 0 aliphatic carbocycles. The summed E-state index contributed by atoms with van der Waals surface area (Å²) in [6.07, 6.45) is 2.12. The van der Waals surface area contributed by atoms with E-state index in [1.807, 2.05) is 6.92 Å². The van der Waals surface area contributed by atoms with E-state index in [0.29, 0.717) is 47.4 Å². The number of hydrogen-bond acceptors (Lipinski definition) is 10. The van der Waals surface area contributed by atoms with Crippen molar-refractivity contribution in [2.24, 2.45) is 0 Å². The molecule has 3 aromatic rings. The zero-order chi connectivity index (χ0) is 32.5. The molecule has 1 fully saturated rings. The Labute approximate surface area is 267 Å². The van der Waals surface area contributed by atoms with Crippen molar-refractivity contribution in [1.82, 2.24) is 4.90 Å². The number of carbonyl (C=O) groups is 4. The summed E-state index contributed by atoms with van der Waals surface area (Å²) in [7, 11) is 0. The third kappa shape index (κ3) is 8.40. The van der Waals surface area contributed by atoms with Gasteiger partial charge in [0, 0.05) is 11.8 Å². The quantitative estimate of drug-likeness (QED) is 0.0939. The van der Waals surface area contributed by atoms with Crippen LogP contribution in [0, 0.1) is 10.1 Å². The highest BCUT2D eigenvalue weighted by Gasteiger charge is 2.36. The minimum Gasteiger partial charge on any atom is -0.490 e. The molecule has 0 aromatic heterocycles. The van der Waals surface area contributed by atoms with Crippen LogP contribution in [0.2, 0.25) is 5.02 Å². The van der Waals surface area contributed by atoms with E-state index in [2.05, 4.69) is 5.32 Å². The Bertz CT molecular complexity index is 1680. The Morgan fingerprint density at radius 3 is 2.56 bits per heavy atom.